The van der Waals surface area contributed by atoms with E-state index in [1.54, 1.807) is 23.1 Å². The van der Waals surface area contributed by atoms with Crippen molar-refractivity contribution in [1.29, 1.82) is 0 Å². The van der Waals surface area contributed by atoms with E-state index in [1.807, 2.05) is 36.4 Å². The van der Waals surface area contributed by atoms with Crippen molar-refractivity contribution in [2.24, 2.45) is 7.05 Å². The summed E-state index contributed by atoms with van der Waals surface area (Å²) in [7, 11) is 3.55. The maximum Gasteiger partial charge on any atom is 0.262 e. The number of likely N-dealkylation sites (tertiary alicyclic amines) is 1. The fourth-order valence-electron chi connectivity index (χ4n) is 5.95. The normalized spacial score (nSPS) is 19.5. The van der Waals surface area contributed by atoms with Crippen LogP contribution >= 0.6 is 11.3 Å². The van der Waals surface area contributed by atoms with Gasteiger partial charge in [0.2, 0.25) is 0 Å². The minimum atomic E-state index is -0.182. The molecular formula is C29H28N4O4S. The van der Waals surface area contributed by atoms with E-state index in [2.05, 4.69) is 38.6 Å². The van der Waals surface area contributed by atoms with Crippen LogP contribution in [0.2, 0.25) is 0 Å². The molecule has 7 rings (SSSR count). The number of hydrogen-bond acceptors (Lipinski definition) is 7. The number of benzene rings is 1. The minimum absolute atomic E-state index is 0.00669. The van der Waals surface area contributed by atoms with Gasteiger partial charge < -0.3 is 24.0 Å². The van der Waals surface area contributed by atoms with Crippen LogP contribution in [0.1, 0.15) is 18.4 Å². The molecule has 2 fully saturated rings. The summed E-state index contributed by atoms with van der Waals surface area (Å²) in [5.74, 6) is 1.42. The fourth-order valence-corrected chi connectivity index (χ4v) is 6.60. The zero-order chi connectivity index (χ0) is 25.9. The van der Waals surface area contributed by atoms with Crippen LogP contribution in [0.4, 0.5) is 5.69 Å². The molecule has 0 N–H and O–H groups in total. The van der Waals surface area contributed by atoms with E-state index in [0.717, 1.165) is 58.9 Å². The maximum atomic E-state index is 14.1. The van der Waals surface area contributed by atoms with Crippen molar-refractivity contribution in [3.63, 3.8) is 0 Å². The average molecular weight is 529 g/mol. The second kappa shape index (κ2) is 8.91. The zero-order valence-electron chi connectivity index (χ0n) is 21.4. The summed E-state index contributed by atoms with van der Waals surface area (Å²) in [6, 6.07) is 8.08. The largest absolute Gasteiger partial charge is 0.496 e. The van der Waals surface area contributed by atoms with Crippen LogP contribution in [0.3, 0.4) is 0 Å². The van der Waals surface area contributed by atoms with Crippen LogP contribution < -0.4 is 14.4 Å². The number of aryl methyl sites for hydroxylation is 1. The maximum absolute atomic E-state index is 14.1. The molecule has 9 heteroatoms. The van der Waals surface area contributed by atoms with Gasteiger partial charge in [0.25, 0.3) is 5.91 Å². The van der Waals surface area contributed by atoms with Gasteiger partial charge in [0.05, 0.1) is 48.5 Å². The van der Waals surface area contributed by atoms with E-state index in [9.17, 15) is 4.79 Å². The Kier molecular flexibility index (Phi) is 5.47. The summed E-state index contributed by atoms with van der Waals surface area (Å²) >= 11 is 1.65. The van der Waals surface area contributed by atoms with Crippen molar-refractivity contribution < 1.29 is 19.0 Å². The Balaban J connectivity index is 1.41. The molecule has 0 saturated carbocycles. The molecule has 1 spiro atoms. The third-order valence-electron chi connectivity index (χ3n) is 7.91. The highest BCUT2D eigenvalue weighted by molar-refractivity contribution is 7.08. The van der Waals surface area contributed by atoms with Crippen LogP contribution in [0, 0.1) is 0 Å². The summed E-state index contributed by atoms with van der Waals surface area (Å²) in [6.07, 6.45) is 5.85. The Labute approximate surface area is 225 Å². The van der Waals surface area contributed by atoms with Gasteiger partial charge >= 0.3 is 0 Å². The Morgan fingerprint density at radius 3 is 2.84 bits per heavy atom. The van der Waals surface area contributed by atoms with Gasteiger partial charge in [-0.2, -0.15) is 16.4 Å². The number of hydrogen-bond donors (Lipinski definition) is 0. The molecule has 4 aliphatic heterocycles. The molecule has 4 aliphatic rings. The number of aromatic nitrogens is 2. The lowest BCUT2D eigenvalue weighted by Gasteiger charge is -2.45. The number of amides is 1. The molecule has 194 valence electrons. The van der Waals surface area contributed by atoms with Gasteiger partial charge in [0, 0.05) is 54.5 Å². The van der Waals surface area contributed by atoms with E-state index in [1.165, 1.54) is 0 Å². The lowest BCUT2D eigenvalue weighted by Crippen LogP contribution is -2.60. The summed E-state index contributed by atoms with van der Waals surface area (Å²) in [5.41, 5.74) is 9.25. The predicted octanol–water partition coefficient (Wildman–Crippen LogP) is 4.25. The van der Waals surface area contributed by atoms with Crippen molar-refractivity contribution in [3.05, 3.63) is 69.7 Å². The molecule has 8 nitrogen and oxygen atoms in total. The van der Waals surface area contributed by atoms with Crippen LogP contribution in [-0.4, -0.2) is 66.1 Å². The molecule has 1 aromatic carbocycles. The number of carbonyl (C=O) groups is 1. The molecule has 0 unspecified atom stereocenters. The number of rotatable bonds is 4. The summed E-state index contributed by atoms with van der Waals surface area (Å²) in [6.45, 7) is 2.81. The fraction of sp³-hybridized carbons (Fsp3) is 0.345. The standard InChI is InChI=1S/C29H28N4O4S/c1-31-11-6-24(30-31)21-13-22-26(14-25(21)35-2)37-15-23-20(28(34)33-10-4-8-29(33)17-36-18-29)5-3-9-32(27(22)23)19-7-12-38-16-19/h3,6-7,11-14,16H,4,8-10,15,17-18H2,1-2H3. The molecule has 3 aromatic rings. The van der Waals surface area contributed by atoms with Gasteiger partial charge in [-0.15, -0.1) is 5.73 Å². The van der Waals surface area contributed by atoms with Gasteiger partial charge in [0.1, 0.15) is 18.1 Å². The van der Waals surface area contributed by atoms with Crippen molar-refractivity contribution in [2.45, 2.75) is 18.4 Å². The van der Waals surface area contributed by atoms with Gasteiger partial charge in [-0.25, -0.2) is 0 Å². The van der Waals surface area contributed by atoms with Crippen LogP contribution in [-0.2, 0) is 16.6 Å². The minimum Gasteiger partial charge on any atom is -0.496 e. The highest BCUT2D eigenvalue weighted by Crippen LogP contribution is 2.46. The molecule has 6 heterocycles. The molecule has 0 aliphatic carbocycles. The van der Waals surface area contributed by atoms with Gasteiger partial charge in [-0.3, -0.25) is 9.48 Å². The van der Waals surface area contributed by atoms with Crippen molar-refractivity contribution in [1.82, 2.24) is 14.7 Å². The highest BCUT2D eigenvalue weighted by atomic mass is 32.1. The molecule has 1 amide bonds. The van der Waals surface area contributed by atoms with Crippen molar-refractivity contribution >= 4 is 28.6 Å². The first-order valence-corrected chi connectivity index (χ1v) is 13.8. The first-order chi connectivity index (χ1) is 18.6. The number of fused-ring (bicyclic) bond motifs is 2. The number of nitrogens with zero attached hydrogens (tertiary/aromatic N) is 4. The SMILES string of the molecule is COc1cc2c(cc1-c1ccn(C)n1)C1=C(CO2)C(C(=O)N2CCCC23COC3)=C=CCN1c1ccsc1. The number of methoxy groups -OCH3 is 1. The van der Waals surface area contributed by atoms with E-state index >= 15 is 0 Å². The van der Waals surface area contributed by atoms with Gasteiger partial charge in [-0.1, -0.05) is 0 Å². The van der Waals surface area contributed by atoms with Crippen molar-refractivity contribution in [2.75, 3.05) is 44.9 Å². The number of thiophene rings is 1. The Morgan fingerprint density at radius 1 is 1.24 bits per heavy atom. The predicted molar refractivity (Wildman–Crippen MR) is 145 cm³/mol. The molecule has 38 heavy (non-hydrogen) atoms. The molecule has 2 aromatic heterocycles. The number of ether oxygens (including phenoxy) is 3. The first kappa shape index (κ1) is 23.3. The Hall–Kier alpha value is -3.78. The topological polar surface area (TPSA) is 69.1 Å². The zero-order valence-corrected chi connectivity index (χ0v) is 22.2. The summed E-state index contributed by atoms with van der Waals surface area (Å²) < 4.78 is 19.4. The second-order valence-corrected chi connectivity index (χ2v) is 10.9. The first-order valence-electron chi connectivity index (χ1n) is 12.8. The lowest BCUT2D eigenvalue weighted by atomic mass is 9.91. The van der Waals surface area contributed by atoms with Gasteiger partial charge in [0.15, 0.2) is 0 Å². The third kappa shape index (κ3) is 3.54. The summed E-state index contributed by atoms with van der Waals surface area (Å²) in [5, 5.41) is 8.83. The van der Waals surface area contributed by atoms with E-state index < -0.39 is 0 Å². The highest BCUT2D eigenvalue weighted by Gasteiger charge is 2.50. The third-order valence-corrected chi connectivity index (χ3v) is 8.58. The molecule has 2 saturated heterocycles. The quantitative estimate of drug-likeness (QED) is 0.472. The Morgan fingerprint density at radius 2 is 2.13 bits per heavy atom. The number of carbonyl (C=O) groups excluding carboxylic acids is 1. The van der Waals surface area contributed by atoms with E-state index in [0.29, 0.717) is 31.1 Å². The van der Waals surface area contributed by atoms with Crippen LogP contribution in [0.5, 0.6) is 11.5 Å². The Bertz CT molecular complexity index is 1530. The van der Waals surface area contributed by atoms with Crippen LogP contribution in [0.25, 0.3) is 17.0 Å². The smallest absolute Gasteiger partial charge is 0.262 e. The molecular weight excluding hydrogens is 500 g/mol. The van der Waals surface area contributed by atoms with Crippen molar-refractivity contribution in [3.8, 4) is 22.8 Å². The molecule has 0 radical (unpaired) electrons. The molecule has 0 bridgehead atoms. The lowest BCUT2D eigenvalue weighted by molar-refractivity contribution is -0.155. The van der Waals surface area contributed by atoms with E-state index in [-0.39, 0.29) is 18.1 Å². The summed E-state index contributed by atoms with van der Waals surface area (Å²) in [4.78, 5) is 18.4. The van der Waals surface area contributed by atoms with Crippen LogP contribution in [0.15, 0.2) is 64.2 Å². The molecule has 0 atom stereocenters. The van der Waals surface area contributed by atoms with Gasteiger partial charge in [-0.05, 0) is 42.5 Å². The monoisotopic (exact) mass is 528 g/mol. The number of anilines is 1. The van der Waals surface area contributed by atoms with E-state index in [4.69, 9.17) is 14.2 Å². The second-order valence-electron chi connectivity index (χ2n) is 10.1. The average Bonchev–Trinajstić information content (AvgIpc) is 3.66.